The largest absolute Gasteiger partial charge is 0.506 e. The van der Waals surface area contributed by atoms with Crippen LogP contribution in [-0.2, 0) is 4.79 Å². The molecule has 1 aromatic rings. The average molecular weight is 248 g/mol. The van der Waals surface area contributed by atoms with Gasteiger partial charge in [-0.05, 0) is 37.9 Å². The number of nitrogens with zero attached hydrogens (tertiary/aromatic N) is 1. The molecule has 0 atom stereocenters. The van der Waals surface area contributed by atoms with Crippen molar-refractivity contribution in [2.45, 2.75) is 32.7 Å². The van der Waals surface area contributed by atoms with Gasteiger partial charge in [0.1, 0.15) is 5.75 Å². The van der Waals surface area contributed by atoms with Gasteiger partial charge in [-0.2, -0.15) is 0 Å². The van der Waals surface area contributed by atoms with E-state index in [1.165, 1.54) is 12.8 Å². The molecule has 1 saturated carbocycles. The van der Waals surface area contributed by atoms with Crippen LogP contribution in [0.3, 0.4) is 0 Å². The molecule has 1 aliphatic rings. The van der Waals surface area contributed by atoms with E-state index in [9.17, 15) is 9.90 Å². The van der Waals surface area contributed by atoms with Crippen molar-refractivity contribution < 1.29 is 9.90 Å². The summed E-state index contributed by atoms with van der Waals surface area (Å²) in [6.07, 6.45) is 2.38. The van der Waals surface area contributed by atoms with Crippen LogP contribution >= 0.6 is 0 Å². The van der Waals surface area contributed by atoms with Crippen LogP contribution in [-0.4, -0.2) is 35.0 Å². The fourth-order valence-corrected chi connectivity index (χ4v) is 2.12. The topological polar surface area (TPSA) is 52.6 Å². The first-order valence-electron chi connectivity index (χ1n) is 6.44. The highest BCUT2D eigenvalue weighted by Crippen LogP contribution is 2.28. The Balaban J connectivity index is 1.98. The number of benzene rings is 1. The van der Waals surface area contributed by atoms with Crippen molar-refractivity contribution in [2.75, 3.05) is 18.4 Å². The molecule has 2 N–H and O–H groups in total. The van der Waals surface area contributed by atoms with Gasteiger partial charge in [-0.15, -0.1) is 0 Å². The van der Waals surface area contributed by atoms with Crippen LogP contribution in [0.1, 0.15) is 25.3 Å². The SMILES string of the molecule is CCN(CC(=O)Nc1c(C)cccc1O)C1CC1. The number of carbonyl (C=O) groups excluding carboxylic acids is 1. The molecular formula is C14H20N2O2. The van der Waals surface area contributed by atoms with Gasteiger partial charge in [0.15, 0.2) is 0 Å². The maximum absolute atomic E-state index is 12.0. The van der Waals surface area contributed by atoms with Crippen molar-refractivity contribution in [3.05, 3.63) is 23.8 Å². The minimum absolute atomic E-state index is 0.0617. The number of rotatable bonds is 5. The third kappa shape index (κ3) is 3.01. The highest BCUT2D eigenvalue weighted by molar-refractivity contribution is 5.94. The van der Waals surface area contributed by atoms with E-state index < -0.39 is 0 Å². The van der Waals surface area contributed by atoms with E-state index in [-0.39, 0.29) is 11.7 Å². The van der Waals surface area contributed by atoms with Crippen molar-refractivity contribution in [1.29, 1.82) is 0 Å². The zero-order valence-corrected chi connectivity index (χ0v) is 10.9. The second kappa shape index (κ2) is 5.40. The summed E-state index contributed by atoms with van der Waals surface area (Å²) in [6, 6.07) is 5.80. The summed E-state index contributed by atoms with van der Waals surface area (Å²) in [5, 5.41) is 12.5. The smallest absolute Gasteiger partial charge is 0.238 e. The number of hydrogen-bond acceptors (Lipinski definition) is 3. The molecule has 0 unspecified atom stereocenters. The fourth-order valence-electron chi connectivity index (χ4n) is 2.12. The molecule has 1 fully saturated rings. The molecule has 0 bridgehead atoms. The first kappa shape index (κ1) is 12.9. The average Bonchev–Trinajstić information content (AvgIpc) is 3.15. The van der Waals surface area contributed by atoms with E-state index in [1.54, 1.807) is 12.1 Å². The number of anilines is 1. The van der Waals surface area contributed by atoms with Gasteiger partial charge in [-0.3, -0.25) is 9.69 Å². The van der Waals surface area contributed by atoms with Gasteiger partial charge in [0.2, 0.25) is 5.91 Å². The standard InChI is InChI=1S/C14H20N2O2/c1-3-16(11-7-8-11)9-13(18)15-14-10(2)5-4-6-12(14)17/h4-6,11,17H,3,7-9H2,1-2H3,(H,15,18). The van der Waals surface area contributed by atoms with E-state index in [1.807, 2.05) is 13.0 Å². The molecule has 0 aliphatic heterocycles. The summed E-state index contributed by atoms with van der Waals surface area (Å²) in [7, 11) is 0. The van der Waals surface area contributed by atoms with Crippen molar-refractivity contribution >= 4 is 11.6 Å². The number of carbonyl (C=O) groups is 1. The molecule has 4 nitrogen and oxygen atoms in total. The Morgan fingerprint density at radius 3 is 2.78 bits per heavy atom. The van der Waals surface area contributed by atoms with Crippen LogP contribution in [0.15, 0.2) is 18.2 Å². The molecule has 18 heavy (non-hydrogen) atoms. The molecule has 0 spiro atoms. The van der Waals surface area contributed by atoms with Crippen LogP contribution in [0.2, 0.25) is 0 Å². The molecule has 1 amide bonds. The lowest BCUT2D eigenvalue weighted by Gasteiger charge is -2.19. The third-order valence-corrected chi connectivity index (χ3v) is 3.33. The number of amides is 1. The Morgan fingerprint density at radius 1 is 1.50 bits per heavy atom. The van der Waals surface area contributed by atoms with Crippen LogP contribution in [0, 0.1) is 6.92 Å². The number of para-hydroxylation sites is 1. The fraction of sp³-hybridized carbons (Fsp3) is 0.500. The lowest BCUT2D eigenvalue weighted by molar-refractivity contribution is -0.117. The molecule has 1 aliphatic carbocycles. The second-order valence-corrected chi connectivity index (χ2v) is 4.81. The lowest BCUT2D eigenvalue weighted by atomic mass is 10.2. The Bertz CT molecular complexity index is 421. The maximum Gasteiger partial charge on any atom is 0.238 e. The van der Waals surface area contributed by atoms with Gasteiger partial charge in [0.05, 0.1) is 12.2 Å². The minimum atomic E-state index is -0.0617. The van der Waals surface area contributed by atoms with E-state index in [4.69, 9.17) is 0 Å². The molecule has 1 aromatic carbocycles. The van der Waals surface area contributed by atoms with Crippen molar-refractivity contribution in [3.8, 4) is 5.75 Å². The highest BCUT2D eigenvalue weighted by atomic mass is 16.3. The second-order valence-electron chi connectivity index (χ2n) is 4.81. The summed E-state index contributed by atoms with van der Waals surface area (Å²) in [6.45, 7) is 5.22. The lowest BCUT2D eigenvalue weighted by Crippen LogP contribution is -2.34. The molecule has 4 heteroatoms. The van der Waals surface area contributed by atoms with Crippen molar-refractivity contribution in [2.24, 2.45) is 0 Å². The summed E-state index contributed by atoms with van der Waals surface area (Å²) < 4.78 is 0. The van der Waals surface area contributed by atoms with Crippen LogP contribution in [0.4, 0.5) is 5.69 Å². The summed E-state index contributed by atoms with van der Waals surface area (Å²) >= 11 is 0. The number of nitrogens with one attached hydrogen (secondary N) is 1. The third-order valence-electron chi connectivity index (χ3n) is 3.33. The van der Waals surface area contributed by atoms with Gasteiger partial charge >= 0.3 is 0 Å². The molecular weight excluding hydrogens is 228 g/mol. The van der Waals surface area contributed by atoms with Gasteiger partial charge in [0.25, 0.3) is 0 Å². The monoisotopic (exact) mass is 248 g/mol. The van der Waals surface area contributed by atoms with E-state index >= 15 is 0 Å². The first-order valence-corrected chi connectivity index (χ1v) is 6.44. The van der Waals surface area contributed by atoms with Gasteiger partial charge in [-0.25, -0.2) is 0 Å². The van der Waals surface area contributed by atoms with Crippen LogP contribution in [0.25, 0.3) is 0 Å². The molecule has 98 valence electrons. The Hall–Kier alpha value is -1.55. The van der Waals surface area contributed by atoms with E-state index in [2.05, 4.69) is 17.1 Å². The van der Waals surface area contributed by atoms with Crippen molar-refractivity contribution in [3.63, 3.8) is 0 Å². The Morgan fingerprint density at radius 2 is 2.22 bits per heavy atom. The zero-order valence-electron chi connectivity index (χ0n) is 10.9. The van der Waals surface area contributed by atoms with Gasteiger partial charge in [-0.1, -0.05) is 19.1 Å². The van der Waals surface area contributed by atoms with Gasteiger partial charge in [0, 0.05) is 6.04 Å². The molecule has 2 rings (SSSR count). The first-order chi connectivity index (χ1) is 8.61. The number of aromatic hydroxyl groups is 1. The van der Waals surface area contributed by atoms with E-state index in [0.717, 1.165) is 12.1 Å². The van der Waals surface area contributed by atoms with E-state index in [0.29, 0.717) is 18.3 Å². The number of hydrogen-bond donors (Lipinski definition) is 2. The Kier molecular flexibility index (Phi) is 3.87. The molecule has 0 saturated heterocycles. The van der Waals surface area contributed by atoms with Crippen LogP contribution in [0.5, 0.6) is 5.75 Å². The molecule has 0 heterocycles. The number of aryl methyl sites for hydroxylation is 1. The van der Waals surface area contributed by atoms with Crippen molar-refractivity contribution in [1.82, 2.24) is 4.90 Å². The predicted molar refractivity (Wildman–Crippen MR) is 71.7 cm³/mol. The zero-order chi connectivity index (χ0) is 13.1. The number of phenols is 1. The highest BCUT2D eigenvalue weighted by Gasteiger charge is 2.29. The summed E-state index contributed by atoms with van der Waals surface area (Å²) in [5.74, 6) is 0.0613. The summed E-state index contributed by atoms with van der Waals surface area (Å²) in [4.78, 5) is 14.1. The Labute approximate surface area is 108 Å². The molecule has 0 radical (unpaired) electrons. The van der Waals surface area contributed by atoms with Crippen LogP contribution < -0.4 is 5.32 Å². The predicted octanol–water partition coefficient (Wildman–Crippen LogP) is 2.12. The quantitative estimate of drug-likeness (QED) is 0.785. The number of phenolic OH excluding ortho intramolecular Hbond substituents is 1. The minimum Gasteiger partial charge on any atom is -0.506 e. The molecule has 0 aromatic heterocycles. The normalized spacial score (nSPS) is 14.8. The van der Waals surface area contributed by atoms with Gasteiger partial charge < -0.3 is 10.4 Å². The number of likely N-dealkylation sites (N-methyl/N-ethyl adjacent to an activating group) is 1. The summed E-state index contributed by atoms with van der Waals surface area (Å²) in [5.41, 5.74) is 1.40. The maximum atomic E-state index is 12.0.